The minimum absolute atomic E-state index is 0.255. The molecule has 8 heteroatoms. The van der Waals surface area contributed by atoms with E-state index in [-0.39, 0.29) is 5.71 Å². The number of benzene rings is 1. The molecule has 1 aliphatic heterocycles. The fourth-order valence-electron chi connectivity index (χ4n) is 3.39. The van der Waals surface area contributed by atoms with Gasteiger partial charge in [0.05, 0.1) is 11.4 Å². The molecule has 0 unspecified atom stereocenters. The zero-order valence-corrected chi connectivity index (χ0v) is 17.0. The standard InChI is InChI=1S/C21H28N8/c1-3-28-6-8-29(9-7-28)20-11-19(26-14-27-20)21(24)17-10-15(4-5-18(17)23)16(12-22)13-25-2/h4-5,10-14,24H,3,6-9,22-23H2,1-2H3. The number of anilines is 2. The normalized spacial score (nSPS) is 15.8. The Kier molecular flexibility index (Phi) is 6.56. The van der Waals surface area contributed by atoms with Gasteiger partial charge in [0.15, 0.2) is 0 Å². The molecule has 2 aromatic rings. The van der Waals surface area contributed by atoms with Gasteiger partial charge in [-0.15, -0.1) is 0 Å². The summed E-state index contributed by atoms with van der Waals surface area (Å²) >= 11 is 0. The largest absolute Gasteiger partial charge is 0.404 e. The number of hydrogen-bond donors (Lipinski definition) is 3. The van der Waals surface area contributed by atoms with Crippen LogP contribution in [0.25, 0.3) is 5.57 Å². The summed E-state index contributed by atoms with van der Waals surface area (Å²) in [6.07, 6.45) is 4.68. The molecule has 0 amide bonds. The van der Waals surface area contributed by atoms with E-state index in [1.54, 1.807) is 19.3 Å². The lowest BCUT2D eigenvalue weighted by molar-refractivity contribution is 0.270. The molecule has 0 atom stereocenters. The van der Waals surface area contributed by atoms with E-state index in [9.17, 15) is 0 Å². The lowest BCUT2D eigenvalue weighted by Gasteiger charge is -2.34. The molecule has 0 spiro atoms. The fraction of sp³-hybridized carbons (Fsp3) is 0.333. The number of nitrogen functional groups attached to an aromatic ring is 1. The second-order valence-corrected chi connectivity index (χ2v) is 6.87. The molecular formula is C21H28N8. The van der Waals surface area contributed by atoms with Crippen LogP contribution in [-0.2, 0) is 0 Å². The zero-order valence-electron chi connectivity index (χ0n) is 17.0. The second kappa shape index (κ2) is 9.29. The lowest BCUT2D eigenvalue weighted by atomic mass is 9.98. The number of likely N-dealkylation sites (N-methyl/N-ethyl adjacent to an activating group) is 1. The van der Waals surface area contributed by atoms with E-state index < -0.39 is 0 Å². The summed E-state index contributed by atoms with van der Waals surface area (Å²) in [5.41, 5.74) is 15.4. The van der Waals surface area contributed by atoms with Crippen LogP contribution in [0, 0.1) is 5.41 Å². The van der Waals surface area contributed by atoms with Gasteiger partial charge in [-0.25, -0.2) is 9.97 Å². The maximum atomic E-state index is 8.70. The first-order valence-electron chi connectivity index (χ1n) is 9.70. The van der Waals surface area contributed by atoms with Crippen molar-refractivity contribution >= 4 is 29.0 Å². The van der Waals surface area contributed by atoms with Crippen molar-refractivity contribution in [2.75, 3.05) is 50.4 Å². The average Bonchev–Trinajstić information content (AvgIpc) is 2.77. The Morgan fingerprint density at radius 3 is 2.62 bits per heavy atom. The number of nitrogens with zero attached hydrogens (tertiary/aromatic N) is 5. The number of piperazine rings is 1. The quantitative estimate of drug-likeness (QED) is 0.507. The van der Waals surface area contributed by atoms with E-state index in [1.165, 1.54) is 12.5 Å². The Bertz CT molecular complexity index is 926. The number of aromatic nitrogens is 2. The monoisotopic (exact) mass is 392 g/mol. The van der Waals surface area contributed by atoms with Crippen molar-refractivity contribution in [2.24, 2.45) is 10.7 Å². The van der Waals surface area contributed by atoms with Crippen LogP contribution >= 0.6 is 0 Å². The van der Waals surface area contributed by atoms with Crippen molar-refractivity contribution < 1.29 is 0 Å². The van der Waals surface area contributed by atoms with Gasteiger partial charge in [0.25, 0.3) is 0 Å². The van der Waals surface area contributed by atoms with Gasteiger partial charge in [-0.2, -0.15) is 0 Å². The van der Waals surface area contributed by atoms with Gasteiger partial charge < -0.3 is 21.3 Å². The Morgan fingerprint density at radius 2 is 1.97 bits per heavy atom. The summed E-state index contributed by atoms with van der Waals surface area (Å²) < 4.78 is 0. The Hall–Kier alpha value is -3.26. The molecule has 0 bridgehead atoms. The van der Waals surface area contributed by atoms with Gasteiger partial charge in [0.1, 0.15) is 12.1 Å². The van der Waals surface area contributed by atoms with Crippen LogP contribution in [0.2, 0.25) is 0 Å². The first-order chi connectivity index (χ1) is 14.1. The Morgan fingerprint density at radius 1 is 1.21 bits per heavy atom. The predicted molar refractivity (Wildman–Crippen MR) is 120 cm³/mol. The molecule has 1 aliphatic rings. The molecule has 29 heavy (non-hydrogen) atoms. The summed E-state index contributed by atoms with van der Waals surface area (Å²) in [6, 6.07) is 7.35. The highest BCUT2D eigenvalue weighted by atomic mass is 15.3. The third-order valence-electron chi connectivity index (χ3n) is 5.16. The third-order valence-corrected chi connectivity index (χ3v) is 5.16. The van der Waals surface area contributed by atoms with E-state index in [0.717, 1.165) is 49.7 Å². The number of rotatable bonds is 6. The number of hydrogen-bond acceptors (Lipinski definition) is 8. The summed E-state index contributed by atoms with van der Waals surface area (Å²) in [6.45, 7) is 7.08. The summed E-state index contributed by atoms with van der Waals surface area (Å²) in [4.78, 5) is 17.4. The van der Waals surface area contributed by atoms with Gasteiger partial charge in [-0.3, -0.25) is 10.4 Å². The van der Waals surface area contributed by atoms with Crippen LogP contribution in [0.15, 0.2) is 41.8 Å². The molecular weight excluding hydrogens is 364 g/mol. The van der Waals surface area contributed by atoms with Crippen molar-refractivity contribution in [3.05, 3.63) is 53.6 Å². The summed E-state index contributed by atoms with van der Waals surface area (Å²) in [7, 11) is 1.69. The highest BCUT2D eigenvalue weighted by Crippen LogP contribution is 2.23. The van der Waals surface area contributed by atoms with Crippen LogP contribution in [0.4, 0.5) is 11.5 Å². The van der Waals surface area contributed by atoms with Gasteiger partial charge in [-0.05, 0) is 24.2 Å². The number of nitrogens with one attached hydrogen (secondary N) is 1. The molecule has 0 radical (unpaired) electrons. The van der Waals surface area contributed by atoms with Gasteiger partial charge in [-0.1, -0.05) is 13.0 Å². The highest BCUT2D eigenvalue weighted by molar-refractivity contribution is 6.15. The molecule has 1 aromatic heterocycles. The minimum atomic E-state index is 0.255. The van der Waals surface area contributed by atoms with Gasteiger partial charge in [0.2, 0.25) is 0 Å². The molecule has 0 aliphatic carbocycles. The molecule has 2 heterocycles. The smallest absolute Gasteiger partial charge is 0.132 e. The number of nitrogens with two attached hydrogens (primary N) is 2. The van der Waals surface area contributed by atoms with Crippen molar-refractivity contribution in [3.63, 3.8) is 0 Å². The lowest BCUT2D eigenvalue weighted by Crippen LogP contribution is -2.46. The van der Waals surface area contributed by atoms with Gasteiger partial charge in [0, 0.05) is 68.5 Å². The van der Waals surface area contributed by atoms with Crippen LogP contribution in [-0.4, -0.2) is 66.6 Å². The van der Waals surface area contributed by atoms with E-state index >= 15 is 0 Å². The van der Waals surface area contributed by atoms with E-state index in [4.69, 9.17) is 16.9 Å². The van der Waals surface area contributed by atoms with Crippen LogP contribution in [0.5, 0.6) is 0 Å². The Labute approximate surface area is 171 Å². The van der Waals surface area contributed by atoms with Crippen molar-refractivity contribution in [2.45, 2.75) is 6.92 Å². The second-order valence-electron chi connectivity index (χ2n) is 6.87. The first-order valence-corrected chi connectivity index (χ1v) is 9.70. The zero-order chi connectivity index (χ0) is 20.8. The van der Waals surface area contributed by atoms with Crippen LogP contribution < -0.4 is 16.4 Å². The van der Waals surface area contributed by atoms with Crippen molar-refractivity contribution in [1.82, 2.24) is 14.9 Å². The van der Waals surface area contributed by atoms with E-state index in [2.05, 4.69) is 31.7 Å². The molecule has 8 nitrogen and oxygen atoms in total. The maximum Gasteiger partial charge on any atom is 0.132 e. The molecule has 1 aromatic carbocycles. The maximum absolute atomic E-state index is 8.70. The van der Waals surface area contributed by atoms with Crippen LogP contribution in [0.3, 0.4) is 0 Å². The SMILES string of the molecule is CCN1CCN(c2cc(C(=N)c3cc(C(C=NC)=CN)ccc3N)ncn2)CC1. The summed E-state index contributed by atoms with van der Waals surface area (Å²) in [5, 5.41) is 8.70. The molecule has 5 N–H and O–H groups in total. The third kappa shape index (κ3) is 4.60. The first kappa shape index (κ1) is 20.5. The highest BCUT2D eigenvalue weighted by Gasteiger charge is 2.19. The molecule has 3 rings (SSSR count). The Balaban J connectivity index is 1.87. The average molecular weight is 393 g/mol. The minimum Gasteiger partial charge on any atom is -0.404 e. The van der Waals surface area contributed by atoms with Crippen molar-refractivity contribution in [3.8, 4) is 0 Å². The van der Waals surface area contributed by atoms with E-state index in [1.807, 2.05) is 18.2 Å². The van der Waals surface area contributed by atoms with Gasteiger partial charge >= 0.3 is 0 Å². The molecule has 1 fully saturated rings. The predicted octanol–water partition coefficient (Wildman–Crippen LogP) is 1.62. The molecule has 1 saturated heterocycles. The molecule has 0 saturated carbocycles. The fourth-order valence-corrected chi connectivity index (χ4v) is 3.39. The number of aliphatic imine (C=N–C) groups is 1. The van der Waals surface area contributed by atoms with E-state index in [0.29, 0.717) is 16.9 Å². The number of allylic oxidation sites excluding steroid dienone is 1. The topological polar surface area (TPSA) is 121 Å². The molecule has 152 valence electrons. The van der Waals surface area contributed by atoms with Crippen LogP contribution in [0.1, 0.15) is 23.7 Å². The van der Waals surface area contributed by atoms with Crippen molar-refractivity contribution in [1.29, 1.82) is 5.41 Å². The summed E-state index contributed by atoms with van der Waals surface area (Å²) in [5.74, 6) is 0.839.